The summed E-state index contributed by atoms with van der Waals surface area (Å²) in [6.07, 6.45) is 1.72. The minimum Gasteiger partial charge on any atom is -0.494 e. The lowest BCUT2D eigenvalue weighted by Gasteiger charge is -2.51. The Morgan fingerprint density at radius 3 is 2.50 bits per heavy atom. The summed E-state index contributed by atoms with van der Waals surface area (Å²) in [6.45, 7) is 4.99. The Labute approximate surface area is 336 Å². The predicted octanol–water partition coefficient (Wildman–Crippen LogP) is 9.44. The first-order valence-electron chi connectivity index (χ1n) is 19.0. The van der Waals surface area contributed by atoms with Crippen LogP contribution in [0.3, 0.4) is 0 Å². The number of aryl methyl sites for hydroxylation is 1. The molecule has 3 aliphatic rings. The number of nitrogens with zero attached hydrogens (tertiary/aromatic N) is 2. The van der Waals surface area contributed by atoms with Crippen molar-refractivity contribution in [2.24, 2.45) is 11.8 Å². The molecular formula is C42H49Cl2F3N2O7. The van der Waals surface area contributed by atoms with Crippen LogP contribution in [0.15, 0.2) is 54.7 Å². The van der Waals surface area contributed by atoms with E-state index in [1.165, 1.54) is 29.8 Å². The first kappa shape index (κ1) is 43.1. The topological polar surface area (TPSA) is 115 Å². The van der Waals surface area contributed by atoms with Crippen molar-refractivity contribution in [2.75, 3.05) is 25.2 Å². The van der Waals surface area contributed by atoms with Crippen molar-refractivity contribution in [3.8, 4) is 11.5 Å². The third kappa shape index (κ3) is 8.76. The normalized spacial score (nSPS) is 23.3. The number of ether oxygens (including phenoxy) is 3. The Bertz CT molecular complexity index is 1900. The molecule has 2 aromatic carbocycles. The minimum atomic E-state index is -5.28. The van der Waals surface area contributed by atoms with Crippen molar-refractivity contribution >= 4 is 47.5 Å². The number of carbonyl (C=O) groups is 3. The van der Waals surface area contributed by atoms with Gasteiger partial charge in [0.05, 0.1) is 20.3 Å². The van der Waals surface area contributed by atoms with Gasteiger partial charge in [-0.3, -0.25) is 19.5 Å². The molecule has 0 saturated heterocycles. The first-order chi connectivity index (χ1) is 26.2. The molecule has 3 aliphatic carbocycles. The van der Waals surface area contributed by atoms with E-state index in [4.69, 9.17) is 30.9 Å². The lowest BCUT2D eigenvalue weighted by Crippen LogP contribution is -2.63. The van der Waals surface area contributed by atoms with Crippen molar-refractivity contribution < 1.29 is 46.9 Å². The third-order valence-electron chi connectivity index (χ3n) is 11.9. The van der Waals surface area contributed by atoms with E-state index >= 15 is 0 Å². The first-order valence-corrected chi connectivity index (χ1v) is 19.4. The van der Waals surface area contributed by atoms with Gasteiger partial charge in [0.2, 0.25) is 0 Å². The van der Waals surface area contributed by atoms with Crippen LogP contribution in [0.5, 0.6) is 11.5 Å². The highest BCUT2D eigenvalue weighted by atomic mass is 35.5. The van der Waals surface area contributed by atoms with Crippen LogP contribution in [-0.2, 0) is 37.4 Å². The monoisotopic (exact) mass is 820 g/mol. The lowest BCUT2D eigenvalue weighted by molar-refractivity contribution is -0.174. The van der Waals surface area contributed by atoms with Gasteiger partial charge < -0.3 is 19.3 Å². The molecule has 1 saturated carbocycles. The number of fused-ring (bicyclic) bond motifs is 3. The highest BCUT2D eigenvalue weighted by Gasteiger charge is 2.60. The van der Waals surface area contributed by atoms with Crippen molar-refractivity contribution in [1.82, 2.24) is 4.98 Å². The van der Waals surface area contributed by atoms with Gasteiger partial charge in [0.25, 0.3) is 0 Å². The molecule has 14 heteroatoms. The van der Waals surface area contributed by atoms with Crippen molar-refractivity contribution in [3.05, 3.63) is 82.1 Å². The van der Waals surface area contributed by atoms with Crippen molar-refractivity contribution in [3.63, 3.8) is 0 Å². The highest BCUT2D eigenvalue weighted by Crippen LogP contribution is 2.58. The zero-order valence-electron chi connectivity index (χ0n) is 31.8. The van der Waals surface area contributed by atoms with E-state index in [1.54, 1.807) is 6.20 Å². The summed E-state index contributed by atoms with van der Waals surface area (Å²) in [7, 11) is 1.12. The molecule has 1 amide bonds. The molecule has 1 aromatic heterocycles. The number of hydrogen-bond donors (Lipinski definition) is 1. The van der Waals surface area contributed by atoms with Crippen molar-refractivity contribution in [1.29, 1.82) is 0 Å². The Hall–Kier alpha value is -4.03. The molecule has 3 atom stereocenters. The number of carboxylic acids is 1. The predicted molar refractivity (Wildman–Crippen MR) is 208 cm³/mol. The molecule has 304 valence electrons. The lowest BCUT2D eigenvalue weighted by atomic mass is 9.59. The molecule has 0 unspecified atom stereocenters. The third-order valence-corrected chi connectivity index (χ3v) is 12.2. The molecule has 0 bridgehead atoms. The second-order valence-corrected chi connectivity index (χ2v) is 15.9. The van der Waals surface area contributed by atoms with Crippen LogP contribution < -0.4 is 14.4 Å². The molecule has 1 spiro atoms. The largest absolute Gasteiger partial charge is 0.494 e. The number of carboxylic acid groups (broad SMARTS) is 1. The maximum atomic E-state index is 14.4. The Morgan fingerprint density at radius 2 is 1.82 bits per heavy atom. The summed E-state index contributed by atoms with van der Waals surface area (Å²) in [5.74, 6) is -2.12. The van der Waals surface area contributed by atoms with E-state index in [1.807, 2.05) is 24.3 Å². The molecule has 0 radical (unpaired) electrons. The van der Waals surface area contributed by atoms with Crippen LogP contribution in [-0.4, -0.2) is 60.0 Å². The second-order valence-electron chi connectivity index (χ2n) is 15.5. The SMILES string of the molecule is COC(=O)C1(N(C(=O)C(F)(F)F)c2cccc(Cl)c2)CCC2(CC1)c1cc(OCCCC(=O)O)ccc1C[C@@H]2C[C@@H](C)COc1ccnc2c1[C@H](C)CCC2.Cl. The van der Waals surface area contributed by atoms with Crippen LogP contribution in [0, 0.1) is 11.8 Å². The van der Waals surface area contributed by atoms with E-state index in [9.17, 15) is 27.6 Å². The van der Waals surface area contributed by atoms with Gasteiger partial charge in [0, 0.05) is 34.6 Å². The Morgan fingerprint density at radius 1 is 1.07 bits per heavy atom. The van der Waals surface area contributed by atoms with Gasteiger partial charge >= 0.3 is 24.0 Å². The number of amides is 1. The quantitative estimate of drug-likeness (QED) is 0.134. The number of methoxy groups -OCH3 is 1. The second kappa shape index (κ2) is 17.6. The number of halogens is 5. The Balaban J connectivity index is 0.00000600. The smallest absolute Gasteiger partial charge is 0.471 e. The zero-order valence-corrected chi connectivity index (χ0v) is 33.4. The van der Waals surface area contributed by atoms with Gasteiger partial charge in [-0.05, 0) is 135 Å². The summed E-state index contributed by atoms with van der Waals surface area (Å²) >= 11 is 6.22. The van der Waals surface area contributed by atoms with E-state index < -0.39 is 35.0 Å². The van der Waals surface area contributed by atoms with Gasteiger partial charge in [-0.15, -0.1) is 12.4 Å². The van der Waals surface area contributed by atoms with Crippen LogP contribution in [0.1, 0.15) is 99.9 Å². The molecule has 1 N–H and O–H groups in total. The molecule has 1 fully saturated rings. The van der Waals surface area contributed by atoms with Crippen LogP contribution in [0.25, 0.3) is 0 Å². The highest BCUT2D eigenvalue weighted by molar-refractivity contribution is 6.31. The summed E-state index contributed by atoms with van der Waals surface area (Å²) < 4.78 is 60.8. The molecular weight excluding hydrogens is 772 g/mol. The van der Waals surface area contributed by atoms with Gasteiger partial charge in [-0.25, -0.2) is 4.79 Å². The van der Waals surface area contributed by atoms with Gasteiger partial charge in [0.15, 0.2) is 0 Å². The number of rotatable bonds is 13. The standard InChI is InChI=1S/C42H48ClF3N2O7.ClH/c1-26(25-55-35-14-19-47-34-10-4-7-27(2)37(34)35)21-29-22-28-12-13-32(54-20-6-11-36(49)50)24-33(28)40(29)15-17-41(18-16-40,39(52)53-3)48(38(51)42(44,45)46)31-9-5-8-30(43)23-31;/h5,8-9,12-14,19,23-24,26-27,29H,4,6-7,10-11,15-18,20-22,25H2,1-3H3,(H,49,50);1H/t26-,27-,29+,40?,41?;/m1./s1. The number of hydrogen-bond acceptors (Lipinski definition) is 7. The average Bonchev–Trinajstić information content (AvgIpc) is 3.43. The zero-order chi connectivity index (χ0) is 39.5. The van der Waals surface area contributed by atoms with Gasteiger partial charge in [-0.2, -0.15) is 13.2 Å². The maximum Gasteiger partial charge on any atom is 0.471 e. The summed E-state index contributed by atoms with van der Waals surface area (Å²) in [5, 5.41) is 9.20. The minimum absolute atomic E-state index is 0. The fourth-order valence-corrected chi connectivity index (χ4v) is 9.53. The van der Waals surface area contributed by atoms with Crippen molar-refractivity contribution in [2.45, 2.75) is 108 Å². The molecule has 56 heavy (non-hydrogen) atoms. The summed E-state index contributed by atoms with van der Waals surface area (Å²) in [5.41, 5.74) is 1.65. The average molecular weight is 822 g/mol. The molecule has 6 rings (SSSR count). The van der Waals surface area contributed by atoms with Crippen LogP contribution >= 0.6 is 24.0 Å². The number of benzene rings is 2. The van der Waals surface area contributed by atoms with Crippen LogP contribution in [0.2, 0.25) is 5.02 Å². The number of alkyl halides is 3. The van der Waals surface area contributed by atoms with E-state index in [0.29, 0.717) is 36.0 Å². The summed E-state index contributed by atoms with van der Waals surface area (Å²) in [4.78, 5) is 43.4. The number of anilines is 1. The molecule has 9 nitrogen and oxygen atoms in total. The number of aliphatic carboxylic acids is 1. The van der Waals surface area contributed by atoms with E-state index in [-0.39, 0.29) is 73.7 Å². The molecule has 0 aliphatic heterocycles. The number of esters is 1. The number of carbonyl (C=O) groups excluding carboxylic acids is 2. The van der Waals surface area contributed by atoms with Crippen LogP contribution in [0.4, 0.5) is 18.9 Å². The van der Waals surface area contributed by atoms with E-state index in [0.717, 1.165) is 55.4 Å². The fraction of sp³-hybridized carbons (Fsp3) is 0.524. The maximum absolute atomic E-state index is 14.4. The number of aromatic nitrogens is 1. The number of pyridine rings is 1. The Kier molecular flexibility index (Phi) is 13.6. The summed E-state index contributed by atoms with van der Waals surface area (Å²) in [6, 6.07) is 13.3. The molecule has 1 heterocycles. The molecule has 3 aromatic rings. The van der Waals surface area contributed by atoms with Gasteiger partial charge in [-0.1, -0.05) is 37.6 Å². The fourth-order valence-electron chi connectivity index (χ4n) is 9.34. The van der Waals surface area contributed by atoms with E-state index in [2.05, 4.69) is 18.8 Å². The van der Waals surface area contributed by atoms with Gasteiger partial charge in [0.1, 0.15) is 17.0 Å².